The largest absolute Gasteiger partial charge is 0.462 e. The number of hydrogen-bond donors (Lipinski definition) is 0. The van der Waals surface area contributed by atoms with E-state index in [0.717, 1.165) is 24.8 Å². The van der Waals surface area contributed by atoms with Gasteiger partial charge in [-0.25, -0.2) is 4.79 Å². The summed E-state index contributed by atoms with van der Waals surface area (Å²) in [6.07, 6.45) is 7.31. The molecule has 0 N–H and O–H groups in total. The average molecular weight is 282 g/mol. The average Bonchev–Trinajstić information content (AvgIpc) is 3.08. The summed E-state index contributed by atoms with van der Waals surface area (Å²) in [4.78, 5) is 12.1. The molecule has 2 unspecified atom stereocenters. The lowest BCUT2D eigenvalue weighted by Crippen LogP contribution is -2.17. The van der Waals surface area contributed by atoms with Gasteiger partial charge in [-0.2, -0.15) is 0 Å². The molecule has 21 heavy (non-hydrogen) atoms. The van der Waals surface area contributed by atoms with Crippen molar-refractivity contribution in [2.24, 2.45) is 11.3 Å². The molecule has 0 heterocycles. The fourth-order valence-electron chi connectivity index (χ4n) is 3.62. The molecule has 2 atom stereocenters. The van der Waals surface area contributed by atoms with E-state index in [4.69, 9.17) is 4.74 Å². The van der Waals surface area contributed by atoms with E-state index in [1.54, 1.807) is 0 Å². The van der Waals surface area contributed by atoms with Crippen LogP contribution in [0.25, 0.3) is 6.08 Å². The molecule has 2 saturated carbocycles. The van der Waals surface area contributed by atoms with Crippen molar-refractivity contribution in [3.05, 3.63) is 54.1 Å². The molecule has 0 aromatic heterocycles. The lowest BCUT2D eigenvalue weighted by Gasteiger charge is -2.14. The van der Waals surface area contributed by atoms with Gasteiger partial charge in [0.1, 0.15) is 0 Å². The fourth-order valence-corrected chi connectivity index (χ4v) is 3.62. The van der Waals surface area contributed by atoms with Gasteiger partial charge in [0.05, 0.1) is 6.61 Å². The van der Waals surface area contributed by atoms with Gasteiger partial charge >= 0.3 is 5.97 Å². The minimum Gasteiger partial charge on any atom is -0.462 e. The molecule has 0 aliphatic heterocycles. The molecule has 0 amide bonds. The molecule has 0 spiro atoms. The van der Waals surface area contributed by atoms with Crippen molar-refractivity contribution in [3.63, 3.8) is 0 Å². The van der Waals surface area contributed by atoms with Crippen LogP contribution in [0.2, 0.25) is 0 Å². The third kappa shape index (κ3) is 2.67. The lowest BCUT2D eigenvalue weighted by molar-refractivity contribution is -0.139. The van der Waals surface area contributed by atoms with Crippen LogP contribution >= 0.6 is 0 Å². The van der Waals surface area contributed by atoms with Gasteiger partial charge < -0.3 is 4.74 Å². The Morgan fingerprint density at radius 1 is 1.38 bits per heavy atom. The van der Waals surface area contributed by atoms with Crippen molar-refractivity contribution >= 4 is 12.0 Å². The van der Waals surface area contributed by atoms with Crippen molar-refractivity contribution in [2.45, 2.75) is 32.1 Å². The second-order valence-corrected chi connectivity index (χ2v) is 6.26. The summed E-state index contributed by atoms with van der Waals surface area (Å²) in [5.74, 6) is 0.506. The zero-order valence-electron chi connectivity index (χ0n) is 12.4. The van der Waals surface area contributed by atoms with E-state index in [0.29, 0.717) is 18.1 Å². The number of carbonyl (C=O) groups is 1. The summed E-state index contributed by atoms with van der Waals surface area (Å²) in [7, 11) is 0. The molecule has 0 saturated heterocycles. The van der Waals surface area contributed by atoms with E-state index in [1.165, 1.54) is 18.4 Å². The number of carbonyl (C=O) groups excluding carboxylic acids is 1. The first kappa shape index (κ1) is 14.1. The van der Waals surface area contributed by atoms with E-state index in [2.05, 4.69) is 13.2 Å². The molecule has 2 fully saturated rings. The SMILES string of the molecule is C=Cc1ccc(CCOC(=O)C(=C)C23CCCC2C3)cc1. The molecule has 2 aliphatic carbocycles. The molecule has 2 nitrogen and oxygen atoms in total. The summed E-state index contributed by atoms with van der Waals surface area (Å²) in [6.45, 7) is 8.17. The maximum absolute atomic E-state index is 12.1. The van der Waals surface area contributed by atoms with Crippen LogP contribution in [0.5, 0.6) is 0 Å². The first-order valence-electron chi connectivity index (χ1n) is 7.73. The Morgan fingerprint density at radius 2 is 2.14 bits per heavy atom. The zero-order chi connectivity index (χ0) is 14.9. The molecule has 2 heteroatoms. The molecule has 1 aromatic rings. The van der Waals surface area contributed by atoms with Crippen LogP contribution < -0.4 is 0 Å². The number of rotatable bonds is 6. The number of hydrogen-bond acceptors (Lipinski definition) is 2. The lowest BCUT2D eigenvalue weighted by atomic mass is 9.94. The van der Waals surface area contributed by atoms with Crippen LogP contribution in [0.15, 0.2) is 43.0 Å². The van der Waals surface area contributed by atoms with Gasteiger partial charge in [0.2, 0.25) is 0 Å². The first-order chi connectivity index (χ1) is 10.2. The Morgan fingerprint density at radius 3 is 2.71 bits per heavy atom. The standard InChI is InChI=1S/C19H22O2/c1-3-15-6-8-16(9-7-15)10-12-21-18(20)14(2)19-11-4-5-17(19)13-19/h3,6-9,17H,1-2,4-5,10-13H2. The van der Waals surface area contributed by atoms with E-state index in [-0.39, 0.29) is 11.4 Å². The van der Waals surface area contributed by atoms with E-state index < -0.39 is 0 Å². The van der Waals surface area contributed by atoms with Gasteiger partial charge in [-0.3, -0.25) is 0 Å². The number of benzene rings is 1. The van der Waals surface area contributed by atoms with Crippen LogP contribution in [-0.2, 0) is 16.0 Å². The van der Waals surface area contributed by atoms with Gasteiger partial charge in [-0.1, -0.05) is 49.9 Å². The molecule has 0 bridgehead atoms. The molecule has 3 rings (SSSR count). The van der Waals surface area contributed by atoms with Crippen LogP contribution in [0, 0.1) is 11.3 Å². The Kier molecular flexibility index (Phi) is 3.71. The Balaban J connectivity index is 1.47. The summed E-state index contributed by atoms with van der Waals surface area (Å²) >= 11 is 0. The molecule has 2 aliphatic rings. The van der Waals surface area contributed by atoms with Crippen molar-refractivity contribution in [1.82, 2.24) is 0 Å². The first-order valence-corrected chi connectivity index (χ1v) is 7.73. The van der Waals surface area contributed by atoms with Crippen molar-refractivity contribution in [2.75, 3.05) is 6.61 Å². The second-order valence-electron chi connectivity index (χ2n) is 6.26. The van der Waals surface area contributed by atoms with Gasteiger partial charge in [0.25, 0.3) is 0 Å². The van der Waals surface area contributed by atoms with Crippen LogP contribution in [-0.4, -0.2) is 12.6 Å². The summed E-state index contributed by atoms with van der Waals surface area (Å²) in [5, 5.41) is 0. The summed E-state index contributed by atoms with van der Waals surface area (Å²) in [6, 6.07) is 8.14. The Labute approximate surface area is 126 Å². The predicted molar refractivity (Wildman–Crippen MR) is 84.7 cm³/mol. The van der Waals surface area contributed by atoms with Gasteiger partial charge in [0.15, 0.2) is 0 Å². The van der Waals surface area contributed by atoms with Crippen LogP contribution in [0.3, 0.4) is 0 Å². The molecule has 0 radical (unpaired) electrons. The van der Waals surface area contributed by atoms with Gasteiger partial charge in [-0.15, -0.1) is 0 Å². The number of esters is 1. The Hall–Kier alpha value is -1.83. The van der Waals surface area contributed by atoms with Gasteiger partial charge in [0, 0.05) is 17.4 Å². The third-order valence-corrected chi connectivity index (χ3v) is 5.09. The van der Waals surface area contributed by atoms with E-state index in [1.807, 2.05) is 30.3 Å². The van der Waals surface area contributed by atoms with Crippen molar-refractivity contribution in [1.29, 1.82) is 0 Å². The number of fused-ring (bicyclic) bond motifs is 1. The Bertz CT molecular complexity index is 570. The molecular formula is C19H22O2. The highest BCUT2D eigenvalue weighted by molar-refractivity contribution is 5.90. The molecule has 110 valence electrons. The smallest absolute Gasteiger partial charge is 0.333 e. The van der Waals surface area contributed by atoms with Gasteiger partial charge in [-0.05, 0) is 36.3 Å². The van der Waals surface area contributed by atoms with Crippen molar-refractivity contribution < 1.29 is 9.53 Å². The minimum atomic E-state index is -0.192. The molecule has 1 aromatic carbocycles. The summed E-state index contributed by atoms with van der Waals surface area (Å²) < 4.78 is 5.41. The summed E-state index contributed by atoms with van der Waals surface area (Å²) in [5.41, 5.74) is 3.10. The van der Waals surface area contributed by atoms with Crippen LogP contribution in [0.4, 0.5) is 0 Å². The molecular weight excluding hydrogens is 260 g/mol. The maximum Gasteiger partial charge on any atom is 0.333 e. The zero-order valence-corrected chi connectivity index (χ0v) is 12.4. The topological polar surface area (TPSA) is 26.3 Å². The van der Waals surface area contributed by atoms with E-state index in [9.17, 15) is 4.79 Å². The fraction of sp³-hybridized carbons (Fsp3) is 0.421. The third-order valence-electron chi connectivity index (χ3n) is 5.09. The normalized spacial score (nSPS) is 26.0. The minimum absolute atomic E-state index is 0.114. The highest BCUT2D eigenvalue weighted by Crippen LogP contribution is 2.67. The van der Waals surface area contributed by atoms with Crippen LogP contribution in [0.1, 0.15) is 36.8 Å². The quantitative estimate of drug-likeness (QED) is 0.578. The monoisotopic (exact) mass is 282 g/mol. The maximum atomic E-state index is 12.1. The highest BCUT2D eigenvalue weighted by atomic mass is 16.5. The van der Waals surface area contributed by atoms with E-state index >= 15 is 0 Å². The number of ether oxygens (including phenoxy) is 1. The van der Waals surface area contributed by atoms with Crippen molar-refractivity contribution in [3.8, 4) is 0 Å². The highest BCUT2D eigenvalue weighted by Gasteiger charge is 2.60. The predicted octanol–water partition coefficient (Wildman–Crippen LogP) is 4.16. The second kappa shape index (κ2) is 5.51.